The molecule has 5 nitrogen and oxygen atoms in total. The zero-order valence-electron chi connectivity index (χ0n) is 10.5. The van der Waals surface area contributed by atoms with Crippen molar-refractivity contribution in [2.24, 2.45) is 0 Å². The number of hydrogen-bond acceptors (Lipinski definition) is 4. The Balaban J connectivity index is 3.19. The number of benzene rings is 1. The Morgan fingerprint density at radius 1 is 1.39 bits per heavy atom. The van der Waals surface area contributed by atoms with Crippen LogP contribution in [0.2, 0.25) is 0 Å². The van der Waals surface area contributed by atoms with Gasteiger partial charge in [0.15, 0.2) is 0 Å². The number of nitrogens with two attached hydrogens (primary N) is 1. The Labute approximate surface area is 108 Å². The van der Waals surface area contributed by atoms with Gasteiger partial charge >= 0.3 is 0 Å². The van der Waals surface area contributed by atoms with Gasteiger partial charge in [-0.3, -0.25) is 0 Å². The zero-order valence-corrected chi connectivity index (χ0v) is 11.3. The van der Waals surface area contributed by atoms with E-state index in [1.807, 2.05) is 6.07 Å². The minimum atomic E-state index is -3.65. The highest BCUT2D eigenvalue weighted by Gasteiger charge is 2.27. The predicted molar refractivity (Wildman–Crippen MR) is 70.1 cm³/mol. The molecule has 0 atom stereocenters. The molecule has 0 aliphatic carbocycles. The summed E-state index contributed by atoms with van der Waals surface area (Å²) in [6.07, 6.45) is 0.157. The van der Waals surface area contributed by atoms with Crippen molar-refractivity contribution in [2.75, 3.05) is 12.3 Å². The lowest BCUT2D eigenvalue weighted by molar-refractivity contribution is 0.360. The third kappa shape index (κ3) is 3.00. The van der Waals surface area contributed by atoms with Crippen LogP contribution in [-0.4, -0.2) is 25.3 Å². The fraction of sp³-hybridized carbons (Fsp3) is 0.417. The van der Waals surface area contributed by atoms with Crippen molar-refractivity contribution in [1.29, 1.82) is 5.26 Å². The molecule has 0 aliphatic rings. The maximum absolute atomic E-state index is 12.4. The Morgan fingerprint density at radius 3 is 2.50 bits per heavy atom. The zero-order chi connectivity index (χ0) is 13.8. The first-order chi connectivity index (χ1) is 8.41. The van der Waals surface area contributed by atoms with Crippen LogP contribution in [0.5, 0.6) is 0 Å². The monoisotopic (exact) mass is 267 g/mol. The first-order valence-corrected chi connectivity index (χ1v) is 7.08. The summed E-state index contributed by atoms with van der Waals surface area (Å²) in [6.45, 7) is 3.72. The van der Waals surface area contributed by atoms with Crippen LogP contribution in [-0.2, 0) is 10.0 Å². The molecule has 2 N–H and O–H groups in total. The summed E-state index contributed by atoms with van der Waals surface area (Å²) in [4.78, 5) is 0.0941. The average molecular weight is 267 g/mol. The van der Waals surface area contributed by atoms with Crippen LogP contribution in [0.15, 0.2) is 29.2 Å². The van der Waals surface area contributed by atoms with E-state index in [1.54, 1.807) is 32.0 Å². The van der Waals surface area contributed by atoms with Crippen molar-refractivity contribution in [3.05, 3.63) is 24.3 Å². The molecule has 1 rings (SSSR count). The van der Waals surface area contributed by atoms with E-state index in [0.29, 0.717) is 0 Å². The maximum atomic E-state index is 12.4. The number of hydrogen-bond donors (Lipinski definition) is 1. The van der Waals surface area contributed by atoms with E-state index in [4.69, 9.17) is 11.0 Å². The van der Waals surface area contributed by atoms with Gasteiger partial charge in [-0.1, -0.05) is 12.1 Å². The SMILES string of the molecule is CC(C)N(CCC#N)S(=O)(=O)c1ccccc1N. The van der Waals surface area contributed by atoms with Crippen LogP contribution in [0.3, 0.4) is 0 Å². The molecule has 98 valence electrons. The molecule has 0 aromatic heterocycles. The van der Waals surface area contributed by atoms with E-state index in [1.165, 1.54) is 10.4 Å². The number of nitriles is 1. The standard InChI is InChI=1S/C12H17N3O2S/c1-10(2)15(9-5-8-13)18(16,17)12-7-4-3-6-11(12)14/h3-4,6-7,10H,5,9,14H2,1-2H3. The number of para-hydroxylation sites is 1. The minimum Gasteiger partial charge on any atom is -0.398 e. The van der Waals surface area contributed by atoms with Gasteiger partial charge in [0.25, 0.3) is 0 Å². The summed E-state index contributed by atoms with van der Waals surface area (Å²) < 4.78 is 26.2. The van der Waals surface area contributed by atoms with Crippen LogP contribution >= 0.6 is 0 Å². The molecular formula is C12H17N3O2S. The van der Waals surface area contributed by atoms with E-state index in [9.17, 15) is 8.42 Å². The van der Waals surface area contributed by atoms with Gasteiger partial charge in [-0.05, 0) is 26.0 Å². The Hall–Kier alpha value is -1.58. The maximum Gasteiger partial charge on any atom is 0.245 e. The molecule has 0 bridgehead atoms. The quantitative estimate of drug-likeness (QED) is 0.820. The van der Waals surface area contributed by atoms with Gasteiger partial charge in [-0.15, -0.1) is 0 Å². The normalized spacial score (nSPS) is 11.7. The lowest BCUT2D eigenvalue weighted by Crippen LogP contribution is -2.37. The van der Waals surface area contributed by atoms with Crippen LogP contribution in [0.25, 0.3) is 0 Å². The van der Waals surface area contributed by atoms with Gasteiger partial charge in [-0.25, -0.2) is 8.42 Å². The largest absolute Gasteiger partial charge is 0.398 e. The molecule has 0 aliphatic heterocycles. The van der Waals surface area contributed by atoms with Gasteiger partial charge in [0.05, 0.1) is 11.8 Å². The predicted octanol–water partition coefficient (Wildman–Crippen LogP) is 1.58. The fourth-order valence-electron chi connectivity index (χ4n) is 1.66. The van der Waals surface area contributed by atoms with E-state index in [2.05, 4.69) is 0 Å². The number of nitrogens with zero attached hydrogens (tertiary/aromatic N) is 2. The van der Waals surface area contributed by atoms with Crippen molar-refractivity contribution in [3.8, 4) is 6.07 Å². The van der Waals surface area contributed by atoms with Crippen LogP contribution < -0.4 is 5.73 Å². The Kier molecular flexibility index (Phi) is 4.70. The smallest absolute Gasteiger partial charge is 0.245 e. The first-order valence-electron chi connectivity index (χ1n) is 5.64. The summed E-state index contributed by atoms with van der Waals surface area (Å²) in [5, 5.41) is 8.59. The van der Waals surface area contributed by atoms with Crippen LogP contribution in [0.1, 0.15) is 20.3 Å². The highest BCUT2D eigenvalue weighted by molar-refractivity contribution is 7.89. The summed E-state index contributed by atoms with van der Waals surface area (Å²) in [7, 11) is -3.65. The second kappa shape index (κ2) is 5.85. The molecule has 0 saturated heterocycles. The molecule has 0 spiro atoms. The number of rotatable bonds is 5. The summed E-state index contributed by atoms with van der Waals surface area (Å²) in [6, 6.07) is 8.08. The van der Waals surface area contributed by atoms with Crippen molar-refractivity contribution >= 4 is 15.7 Å². The van der Waals surface area contributed by atoms with Crippen LogP contribution in [0.4, 0.5) is 5.69 Å². The molecule has 0 fully saturated rings. The lowest BCUT2D eigenvalue weighted by atomic mass is 10.3. The van der Waals surface area contributed by atoms with Gasteiger partial charge in [0, 0.05) is 19.0 Å². The van der Waals surface area contributed by atoms with Crippen LogP contribution in [0, 0.1) is 11.3 Å². The summed E-state index contributed by atoms with van der Waals surface area (Å²) in [5.74, 6) is 0. The second-order valence-corrected chi connectivity index (χ2v) is 6.01. The van der Waals surface area contributed by atoms with E-state index in [0.717, 1.165) is 0 Å². The highest BCUT2D eigenvalue weighted by atomic mass is 32.2. The molecule has 0 amide bonds. The van der Waals surface area contributed by atoms with Crippen molar-refractivity contribution in [2.45, 2.75) is 31.2 Å². The Morgan fingerprint density at radius 2 is 2.00 bits per heavy atom. The third-order valence-corrected chi connectivity index (χ3v) is 4.67. The lowest BCUT2D eigenvalue weighted by Gasteiger charge is -2.25. The molecule has 1 aromatic carbocycles. The molecule has 0 unspecified atom stereocenters. The molecule has 1 aromatic rings. The third-order valence-electron chi connectivity index (χ3n) is 2.53. The van der Waals surface area contributed by atoms with E-state index < -0.39 is 10.0 Å². The van der Waals surface area contributed by atoms with E-state index >= 15 is 0 Å². The number of sulfonamides is 1. The van der Waals surface area contributed by atoms with Gasteiger partial charge < -0.3 is 5.73 Å². The summed E-state index contributed by atoms with van der Waals surface area (Å²) >= 11 is 0. The second-order valence-electron chi connectivity index (χ2n) is 4.16. The van der Waals surface area contributed by atoms with Crippen molar-refractivity contribution < 1.29 is 8.42 Å². The molecular weight excluding hydrogens is 250 g/mol. The number of nitrogen functional groups attached to an aromatic ring is 1. The highest BCUT2D eigenvalue weighted by Crippen LogP contribution is 2.23. The van der Waals surface area contributed by atoms with Gasteiger partial charge in [-0.2, -0.15) is 9.57 Å². The molecule has 0 saturated carbocycles. The van der Waals surface area contributed by atoms with Crippen molar-refractivity contribution in [1.82, 2.24) is 4.31 Å². The number of anilines is 1. The fourth-order valence-corrected chi connectivity index (χ4v) is 3.41. The van der Waals surface area contributed by atoms with Gasteiger partial charge in [0.2, 0.25) is 10.0 Å². The van der Waals surface area contributed by atoms with E-state index in [-0.39, 0.29) is 29.6 Å². The average Bonchev–Trinajstić information content (AvgIpc) is 2.29. The molecule has 0 heterocycles. The summed E-state index contributed by atoms with van der Waals surface area (Å²) in [5.41, 5.74) is 5.92. The molecule has 18 heavy (non-hydrogen) atoms. The van der Waals surface area contributed by atoms with Crippen molar-refractivity contribution in [3.63, 3.8) is 0 Å². The van der Waals surface area contributed by atoms with Gasteiger partial charge in [0.1, 0.15) is 4.90 Å². The first kappa shape index (κ1) is 14.5. The topological polar surface area (TPSA) is 87.2 Å². The minimum absolute atomic E-state index is 0.0941. The molecule has 6 heteroatoms. The Bertz CT molecular complexity index is 547. The molecule has 0 radical (unpaired) electrons.